The number of Topliss-reactive ketones (excluding diaryl/α,β-unsaturated/α-hetero) is 1. The van der Waals surface area contributed by atoms with Gasteiger partial charge in [-0.15, -0.1) is 0 Å². The normalized spacial score (nSPS) is 18.4. The summed E-state index contributed by atoms with van der Waals surface area (Å²) in [5.74, 6) is -2.22. The fourth-order valence-corrected chi connectivity index (χ4v) is 3.80. The van der Waals surface area contributed by atoms with Crippen molar-refractivity contribution >= 4 is 40.7 Å². The van der Waals surface area contributed by atoms with Crippen molar-refractivity contribution in [3.8, 4) is 5.75 Å². The van der Waals surface area contributed by atoms with E-state index in [-0.39, 0.29) is 21.9 Å². The summed E-state index contributed by atoms with van der Waals surface area (Å²) >= 11 is 12.0. The van der Waals surface area contributed by atoms with Crippen LogP contribution in [-0.4, -0.2) is 58.9 Å². The minimum atomic E-state index is -0.809. The predicted octanol–water partition coefficient (Wildman–Crippen LogP) is 4.07. The Morgan fingerprint density at radius 2 is 1.70 bits per heavy atom. The maximum absolute atomic E-state index is 12.9. The first kappa shape index (κ1) is 22.2. The number of ketones is 1. The summed E-state index contributed by atoms with van der Waals surface area (Å²) in [6, 6.07) is 10.1. The number of phenols is 1. The highest BCUT2D eigenvalue weighted by Crippen LogP contribution is 2.41. The highest BCUT2D eigenvalue weighted by Gasteiger charge is 2.46. The number of rotatable bonds is 6. The molecule has 0 saturated carbocycles. The van der Waals surface area contributed by atoms with Crippen molar-refractivity contribution < 1.29 is 19.8 Å². The third-order valence-electron chi connectivity index (χ3n) is 4.94. The van der Waals surface area contributed by atoms with Crippen molar-refractivity contribution in [2.24, 2.45) is 0 Å². The first-order valence-electron chi connectivity index (χ1n) is 9.38. The lowest BCUT2D eigenvalue weighted by atomic mass is 9.95. The molecule has 0 bridgehead atoms. The molecule has 1 saturated heterocycles. The zero-order valence-electron chi connectivity index (χ0n) is 16.6. The van der Waals surface area contributed by atoms with E-state index in [1.807, 2.05) is 19.0 Å². The Kier molecular flexibility index (Phi) is 6.71. The van der Waals surface area contributed by atoms with E-state index in [2.05, 4.69) is 0 Å². The van der Waals surface area contributed by atoms with Crippen LogP contribution in [0.25, 0.3) is 5.76 Å². The van der Waals surface area contributed by atoms with Crippen LogP contribution in [0.5, 0.6) is 5.75 Å². The topological polar surface area (TPSA) is 81.1 Å². The fourth-order valence-electron chi connectivity index (χ4n) is 3.50. The average molecular weight is 449 g/mol. The molecule has 3 rings (SSSR count). The van der Waals surface area contributed by atoms with E-state index in [1.54, 1.807) is 24.3 Å². The maximum atomic E-state index is 12.9. The van der Waals surface area contributed by atoms with E-state index in [0.29, 0.717) is 23.6 Å². The van der Waals surface area contributed by atoms with Crippen LogP contribution >= 0.6 is 23.2 Å². The standard InChI is InChI=1S/C22H22Cl2N2O4/c1-25(2)10-3-11-26-19(13-4-6-14(23)7-5-13)18(21(29)22(26)30)20(28)16-12-15(24)8-9-17(16)27/h4-9,12,19,27-28H,3,10-11H2,1-2H3. The molecule has 1 aliphatic rings. The second-order valence-corrected chi connectivity index (χ2v) is 8.24. The molecule has 6 nitrogen and oxygen atoms in total. The monoisotopic (exact) mass is 448 g/mol. The van der Waals surface area contributed by atoms with Crippen LogP contribution in [0.2, 0.25) is 10.0 Å². The number of hydrogen-bond acceptors (Lipinski definition) is 5. The van der Waals surface area contributed by atoms with Gasteiger partial charge >= 0.3 is 0 Å². The van der Waals surface area contributed by atoms with E-state index in [9.17, 15) is 19.8 Å². The van der Waals surface area contributed by atoms with Crippen molar-refractivity contribution in [2.75, 3.05) is 27.2 Å². The van der Waals surface area contributed by atoms with E-state index in [1.165, 1.54) is 23.1 Å². The van der Waals surface area contributed by atoms with Gasteiger partial charge in [-0.2, -0.15) is 0 Å². The third kappa shape index (κ3) is 4.46. The summed E-state index contributed by atoms with van der Waals surface area (Å²) in [4.78, 5) is 29.2. The SMILES string of the molecule is CN(C)CCCN1C(=O)C(=O)C(=C(O)c2cc(Cl)ccc2O)C1c1ccc(Cl)cc1. The van der Waals surface area contributed by atoms with Crippen LogP contribution in [0.4, 0.5) is 0 Å². The molecule has 1 unspecified atom stereocenters. The summed E-state index contributed by atoms with van der Waals surface area (Å²) in [5.41, 5.74) is 0.531. The molecule has 2 aromatic rings. The highest BCUT2D eigenvalue weighted by molar-refractivity contribution is 6.46. The number of amides is 1. The van der Waals surface area contributed by atoms with Gasteiger partial charge in [-0.3, -0.25) is 9.59 Å². The van der Waals surface area contributed by atoms with Gasteiger partial charge in [0.1, 0.15) is 11.5 Å². The Morgan fingerprint density at radius 3 is 2.33 bits per heavy atom. The zero-order chi connectivity index (χ0) is 22.0. The lowest BCUT2D eigenvalue weighted by Crippen LogP contribution is -2.32. The fraction of sp³-hybridized carbons (Fsp3) is 0.273. The quantitative estimate of drug-likeness (QED) is 0.395. The number of aliphatic hydroxyl groups is 1. The molecule has 1 amide bonds. The number of nitrogens with zero attached hydrogens (tertiary/aromatic N) is 2. The van der Waals surface area contributed by atoms with Gasteiger partial charge in [0, 0.05) is 16.6 Å². The number of aliphatic hydroxyl groups excluding tert-OH is 1. The van der Waals surface area contributed by atoms with Gasteiger partial charge in [-0.25, -0.2) is 0 Å². The van der Waals surface area contributed by atoms with Crippen LogP contribution in [0.15, 0.2) is 48.0 Å². The minimum Gasteiger partial charge on any atom is -0.507 e. The van der Waals surface area contributed by atoms with Crippen molar-refractivity contribution in [2.45, 2.75) is 12.5 Å². The molecular weight excluding hydrogens is 427 g/mol. The molecule has 0 spiro atoms. The zero-order valence-corrected chi connectivity index (χ0v) is 18.1. The molecule has 0 aliphatic carbocycles. The van der Waals surface area contributed by atoms with Crippen LogP contribution in [0.1, 0.15) is 23.6 Å². The number of benzene rings is 2. The Bertz CT molecular complexity index is 1000. The molecule has 1 heterocycles. The summed E-state index contributed by atoms with van der Waals surface area (Å²) in [7, 11) is 3.85. The Hall–Kier alpha value is -2.54. The molecule has 1 fully saturated rings. The van der Waals surface area contributed by atoms with E-state index >= 15 is 0 Å². The second kappa shape index (κ2) is 9.08. The minimum absolute atomic E-state index is 0.00671. The molecular formula is C22H22Cl2N2O4. The van der Waals surface area contributed by atoms with Crippen LogP contribution < -0.4 is 0 Å². The molecule has 1 atom stereocenters. The van der Waals surface area contributed by atoms with Crippen molar-refractivity contribution in [3.63, 3.8) is 0 Å². The van der Waals surface area contributed by atoms with Crippen LogP contribution in [-0.2, 0) is 9.59 Å². The van der Waals surface area contributed by atoms with E-state index < -0.39 is 23.5 Å². The summed E-state index contributed by atoms with van der Waals surface area (Å²) in [6.45, 7) is 1.06. The third-order valence-corrected chi connectivity index (χ3v) is 5.43. The lowest BCUT2D eigenvalue weighted by Gasteiger charge is -2.26. The Labute approximate surface area is 184 Å². The maximum Gasteiger partial charge on any atom is 0.295 e. The van der Waals surface area contributed by atoms with E-state index in [4.69, 9.17) is 23.2 Å². The second-order valence-electron chi connectivity index (χ2n) is 7.36. The van der Waals surface area contributed by atoms with Crippen molar-refractivity contribution in [1.82, 2.24) is 9.80 Å². The Balaban J connectivity index is 2.13. The summed E-state index contributed by atoms with van der Waals surface area (Å²) < 4.78 is 0. The van der Waals surface area contributed by atoms with Gasteiger partial charge < -0.3 is 20.0 Å². The molecule has 158 valence electrons. The predicted molar refractivity (Wildman–Crippen MR) is 117 cm³/mol. The van der Waals surface area contributed by atoms with Crippen LogP contribution in [0, 0.1) is 0 Å². The van der Waals surface area contributed by atoms with Crippen molar-refractivity contribution in [3.05, 3.63) is 69.2 Å². The number of halogens is 2. The van der Waals surface area contributed by atoms with Crippen LogP contribution in [0.3, 0.4) is 0 Å². The molecule has 0 radical (unpaired) electrons. The molecule has 2 aromatic carbocycles. The lowest BCUT2D eigenvalue weighted by molar-refractivity contribution is -0.139. The largest absolute Gasteiger partial charge is 0.507 e. The molecule has 2 N–H and O–H groups in total. The number of likely N-dealkylation sites (tertiary alicyclic amines) is 1. The molecule has 8 heteroatoms. The molecule has 0 aromatic heterocycles. The van der Waals surface area contributed by atoms with Gasteiger partial charge in [0.25, 0.3) is 11.7 Å². The smallest absolute Gasteiger partial charge is 0.295 e. The first-order valence-corrected chi connectivity index (χ1v) is 10.1. The van der Waals surface area contributed by atoms with Gasteiger partial charge in [0.15, 0.2) is 0 Å². The van der Waals surface area contributed by atoms with E-state index in [0.717, 1.165) is 6.54 Å². The number of carbonyl (C=O) groups excluding carboxylic acids is 2. The molecule has 1 aliphatic heterocycles. The van der Waals surface area contributed by atoms with Gasteiger partial charge in [0.2, 0.25) is 0 Å². The summed E-state index contributed by atoms with van der Waals surface area (Å²) in [6.07, 6.45) is 0.645. The summed E-state index contributed by atoms with van der Waals surface area (Å²) in [5, 5.41) is 21.9. The van der Waals surface area contributed by atoms with Gasteiger partial charge in [-0.1, -0.05) is 35.3 Å². The number of carbonyl (C=O) groups is 2. The highest BCUT2D eigenvalue weighted by atomic mass is 35.5. The van der Waals surface area contributed by atoms with Gasteiger partial charge in [0.05, 0.1) is 17.2 Å². The first-order chi connectivity index (χ1) is 14.2. The number of phenolic OH excluding ortho intramolecular Hbond substituents is 1. The molecule has 30 heavy (non-hydrogen) atoms. The number of aromatic hydroxyl groups is 1. The van der Waals surface area contributed by atoms with Crippen molar-refractivity contribution in [1.29, 1.82) is 0 Å². The average Bonchev–Trinajstić information content (AvgIpc) is 2.94. The Morgan fingerprint density at radius 1 is 1.07 bits per heavy atom. The number of hydrogen-bond donors (Lipinski definition) is 2. The van der Waals surface area contributed by atoms with Gasteiger partial charge in [-0.05, 0) is 63.0 Å².